The first-order valence-electron chi connectivity index (χ1n) is 9.61. The molecule has 0 fully saturated rings. The highest BCUT2D eigenvalue weighted by Gasteiger charge is 2.28. The first kappa shape index (κ1) is 23.8. The molecule has 0 radical (unpaired) electrons. The zero-order chi connectivity index (χ0) is 21.3. The number of halogens is 1. The van der Waals surface area contributed by atoms with Gasteiger partial charge >= 0.3 is 7.60 Å². The van der Waals surface area contributed by atoms with Gasteiger partial charge in [0, 0.05) is 17.3 Å². The zero-order valence-electron chi connectivity index (χ0n) is 17.1. The van der Waals surface area contributed by atoms with E-state index in [1.807, 2.05) is 60.4 Å². The van der Waals surface area contributed by atoms with Crippen molar-refractivity contribution in [2.45, 2.75) is 27.2 Å². The second kappa shape index (κ2) is 11.7. The molecule has 0 bridgehead atoms. The second-order valence-corrected chi connectivity index (χ2v) is 9.25. The fourth-order valence-corrected chi connectivity index (χ4v) is 5.14. The quantitative estimate of drug-likeness (QED) is 0.345. The van der Waals surface area contributed by atoms with Gasteiger partial charge in [-0.05, 0) is 62.7 Å². The largest absolute Gasteiger partial charge is 0.349 e. The molecule has 2 rings (SSSR count). The summed E-state index contributed by atoms with van der Waals surface area (Å²) in [7, 11) is -3.31. The summed E-state index contributed by atoms with van der Waals surface area (Å²) < 4.78 is 24.1. The molecule has 8 heteroatoms. The van der Waals surface area contributed by atoms with Gasteiger partial charge < -0.3 is 19.3 Å². The van der Waals surface area contributed by atoms with Gasteiger partial charge in [0.2, 0.25) is 0 Å². The summed E-state index contributed by atoms with van der Waals surface area (Å²) >= 11 is 12.0. The van der Waals surface area contributed by atoms with Gasteiger partial charge in [-0.1, -0.05) is 48.0 Å². The van der Waals surface area contributed by atoms with Crippen molar-refractivity contribution in [3.63, 3.8) is 0 Å². The van der Waals surface area contributed by atoms with Crippen LogP contribution in [0.1, 0.15) is 25.0 Å². The van der Waals surface area contributed by atoms with Gasteiger partial charge in [0.15, 0.2) is 5.11 Å². The van der Waals surface area contributed by atoms with E-state index >= 15 is 0 Å². The molecule has 29 heavy (non-hydrogen) atoms. The first-order chi connectivity index (χ1) is 13.9. The van der Waals surface area contributed by atoms with E-state index < -0.39 is 7.60 Å². The zero-order valence-corrected chi connectivity index (χ0v) is 19.5. The highest BCUT2D eigenvalue weighted by Crippen LogP contribution is 2.48. The van der Waals surface area contributed by atoms with Crippen LogP contribution in [0.15, 0.2) is 48.5 Å². The Morgan fingerprint density at radius 3 is 2.34 bits per heavy atom. The highest BCUT2D eigenvalue weighted by molar-refractivity contribution is 7.80. The van der Waals surface area contributed by atoms with Crippen LogP contribution in [0.3, 0.4) is 0 Å². The van der Waals surface area contributed by atoms with E-state index in [-0.39, 0.29) is 6.29 Å². The number of nitrogens with zero attached hydrogens (tertiary/aromatic N) is 1. The predicted octanol–water partition coefficient (Wildman–Crippen LogP) is 6.11. The van der Waals surface area contributed by atoms with Gasteiger partial charge in [-0.3, -0.25) is 4.57 Å². The predicted molar refractivity (Wildman–Crippen MR) is 125 cm³/mol. The van der Waals surface area contributed by atoms with Crippen molar-refractivity contribution in [1.82, 2.24) is 4.90 Å². The van der Waals surface area contributed by atoms with Crippen LogP contribution in [-0.2, 0) is 20.0 Å². The van der Waals surface area contributed by atoms with Crippen molar-refractivity contribution < 1.29 is 13.6 Å². The molecule has 0 unspecified atom stereocenters. The highest BCUT2D eigenvalue weighted by atomic mass is 35.5. The van der Waals surface area contributed by atoms with E-state index in [9.17, 15) is 4.57 Å². The molecule has 1 N–H and O–H groups in total. The number of benzene rings is 2. The molecule has 0 spiro atoms. The molecule has 0 saturated heterocycles. The van der Waals surface area contributed by atoms with Gasteiger partial charge in [0.1, 0.15) is 6.29 Å². The van der Waals surface area contributed by atoms with E-state index in [4.69, 9.17) is 32.9 Å². The van der Waals surface area contributed by atoms with Crippen molar-refractivity contribution >= 4 is 42.2 Å². The maximum atomic E-state index is 13.1. The molecule has 0 amide bonds. The van der Waals surface area contributed by atoms with Crippen LogP contribution in [-0.4, -0.2) is 36.1 Å². The van der Waals surface area contributed by atoms with Crippen molar-refractivity contribution in [3.8, 4) is 0 Å². The van der Waals surface area contributed by atoms with Crippen molar-refractivity contribution in [3.05, 3.63) is 64.7 Å². The average molecular weight is 455 g/mol. The van der Waals surface area contributed by atoms with Crippen LogP contribution >= 0.6 is 31.4 Å². The lowest BCUT2D eigenvalue weighted by atomic mass is 10.1. The maximum Gasteiger partial charge on any atom is 0.349 e. The second-order valence-electron chi connectivity index (χ2n) is 6.44. The Bertz CT molecular complexity index is 855. The van der Waals surface area contributed by atoms with E-state index in [0.717, 1.165) is 16.8 Å². The molecule has 5 nitrogen and oxygen atoms in total. The summed E-state index contributed by atoms with van der Waals surface area (Å²) in [4.78, 5) is 1.83. The lowest BCUT2D eigenvalue weighted by molar-refractivity contribution is 0.210. The first-order valence-corrected chi connectivity index (χ1v) is 12.1. The molecule has 0 heterocycles. The number of rotatable bonds is 10. The van der Waals surface area contributed by atoms with Gasteiger partial charge in [-0.15, -0.1) is 0 Å². The molecule has 0 aromatic heterocycles. The van der Waals surface area contributed by atoms with Gasteiger partial charge in [-0.25, -0.2) is 0 Å². The monoisotopic (exact) mass is 454 g/mol. The molecule has 2 aromatic rings. The van der Waals surface area contributed by atoms with Crippen molar-refractivity contribution in [2.24, 2.45) is 0 Å². The third-order valence-corrected chi connectivity index (χ3v) is 7.00. The van der Waals surface area contributed by atoms with E-state index in [1.165, 1.54) is 0 Å². The summed E-state index contributed by atoms with van der Waals surface area (Å²) in [5.74, 6) is 0. The molecule has 0 aliphatic rings. The Hall–Kier alpha value is -1.43. The Morgan fingerprint density at radius 2 is 1.72 bits per heavy atom. The molecule has 0 aliphatic heterocycles. The summed E-state index contributed by atoms with van der Waals surface area (Å²) in [5, 5.41) is 4.42. The summed E-state index contributed by atoms with van der Waals surface area (Å²) in [6.45, 7) is 6.71. The lowest BCUT2D eigenvalue weighted by Gasteiger charge is -2.29. The number of hydrogen-bond acceptors (Lipinski definition) is 4. The Balaban J connectivity index is 2.21. The fourth-order valence-electron chi connectivity index (χ4n) is 2.82. The summed E-state index contributed by atoms with van der Waals surface area (Å²) in [6.07, 6.45) is 0.713. The van der Waals surface area contributed by atoms with Gasteiger partial charge in [0.25, 0.3) is 0 Å². The number of thiocarbonyl (C=S) groups is 1. The average Bonchev–Trinajstić information content (AvgIpc) is 2.68. The number of nitrogens with one attached hydrogen (secondary N) is 1. The Morgan fingerprint density at radius 1 is 1.10 bits per heavy atom. The van der Waals surface area contributed by atoms with Crippen LogP contribution in [0, 0.1) is 6.92 Å². The van der Waals surface area contributed by atoms with Crippen molar-refractivity contribution in [2.75, 3.05) is 31.4 Å². The van der Waals surface area contributed by atoms with Crippen molar-refractivity contribution in [1.29, 1.82) is 0 Å². The van der Waals surface area contributed by atoms with E-state index in [1.54, 1.807) is 13.8 Å². The minimum atomic E-state index is -3.31. The van der Waals surface area contributed by atoms with Crippen LogP contribution in [0.2, 0.25) is 5.02 Å². The lowest BCUT2D eigenvalue weighted by Crippen LogP contribution is -2.37. The number of anilines is 1. The normalized spacial score (nSPS) is 11.3. The van der Waals surface area contributed by atoms with Gasteiger partial charge in [0.05, 0.1) is 13.2 Å². The van der Waals surface area contributed by atoms with Crippen LogP contribution in [0.5, 0.6) is 0 Å². The third-order valence-electron chi connectivity index (χ3n) is 4.28. The number of hydrogen-bond donors (Lipinski definition) is 1. The summed E-state index contributed by atoms with van der Waals surface area (Å²) in [6, 6.07) is 15.5. The number of aryl methyl sites for hydroxylation is 1. The Labute approximate surface area is 183 Å². The molecule has 0 saturated carbocycles. The minimum Gasteiger partial charge on any atom is -0.337 e. The number of para-hydroxylation sites is 1. The van der Waals surface area contributed by atoms with E-state index in [2.05, 4.69) is 5.32 Å². The third kappa shape index (κ3) is 7.40. The van der Waals surface area contributed by atoms with Gasteiger partial charge in [-0.2, -0.15) is 0 Å². The molecular weight excluding hydrogens is 427 g/mol. The fraction of sp³-hybridized carbons (Fsp3) is 0.381. The molecule has 2 aromatic carbocycles. The smallest absolute Gasteiger partial charge is 0.337 e. The SMILES string of the molecule is CCOP(=O)(CN(CCc1ccccc1Cl)C(=S)Nc1ccccc1C)OCC. The topological polar surface area (TPSA) is 50.8 Å². The van der Waals surface area contributed by atoms with E-state index in [0.29, 0.717) is 36.3 Å². The molecule has 158 valence electrons. The molecular formula is C21H28ClN2O3PS. The van der Waals surface area contributed by atoms with Crippen LogP contribution in [0.4, 0.5) is 5.69 Å². The Kier molecular flexibility index (Phi) is 9.60. The standard InChI is InChI=1S/C21H28ClN2O3PS/c1-4-26-28(25,27-5-2)16-24(15-14-18-11-7-8-12-19(18)22)21(29)23-20-13-9-6-10-17(20)3/h6-13H,4-5,14-16H2,1-3H3,(H,23,29). The van der Waals surface area contributed by atoms with Crippen LogP contribution in [0.25, 0.3) is 0 Å². The summed E-state index contributed by atoms with van der Waals surface area (Å²) in [5.41, 5.74) is 2.97. The molecule has 0 aliphatic carbocycles. The maximum absolute atomic E-state index is 13.1. The molecule has 0 atom stereocenters. The minimum absolute atomic E-state index is 0.0663. The van der Waals surface area contributed by atoms with Crippen LogP contribution < -0.4 is 5.32 Å².